The van der Waals surface area contributed by atoms with Gasteiger partial charge in [-0.3, -0.25) is 0 Å². The highest BCUT2D eigenvalue weighted by Crippen LogP contribution is 2.42. The third-order valence-corrected chi connectivity index (χ3v) is 13.2. The Morgan fingerprint density at radius 1 is 0.298 bits per heavy atom. The number of hydrogen-bond donors (Lipinski definition) is 0. The van der Waals surface area contributed by atoms with E-state index in [4.69, 9.17) is 19.4 Å². The van der Waals surface area contributed by atoms with Crippen molar-refractivity contribution in [2.24, 2.45) is 0 Å². The highest BCUT2D eigenvalue weighted by atomic mass is 32.1. The molecule has 8 aromatic carbocycles. The first-order valence-corrected chi connectivity index (χ1v) is 20.5. The van der Waals surface area contributed by atoms with Crippen LogP contribution in [0.25, 0.3) is 119 Å². The van der Waals surface area contributed by atoms with Gasteiger partial charge in [-0.15, -0.1) is 22.7 Å². The van der Waals surface area contributed by atoms with Crippen LogP contribution in [-0.2, 0) is 0 Å². The zero-order valence-corrected chi connectivity index (χ0v) is 31.9. The van der Waals surface area contributed by atoms with Gasteiger partial charge in [0.25, 0.3) is 0 Å². The summed E-state index contributed by atoms with van der Waals surface area (Å²) in [7, 11) is 0. The van der Waals surface area contributed by atoms with Crippen molar-refractivity contribution in [1.29, 1.82) is 0 Å². The molecule has 0 atom stereocenters. The Kier molecular flexibility index (Phi) is 7.24. The maximum atomic E-state index is 6.24. The number of aromatic nitrogens is 3. The SMILES string of the molecule is c1ccc(-c2nc(-c3ccc4c(c3)oc3ccccc34)nc(-c3ccc4c(c3)sc3cc(-c5ccccc5-c5ccc6c(c5)sc5ccccc56)ccc34)n2)cc1. The minimum atomic E-state index is 0.604. The Labute approximate surface area is 335 Å². The van der Waals surface area contributed by atoms with E-state index in [2.05, 4.69) is 121 Å². The van der Waals surface area contributed by atoms with Crippen LogP contribution in [0.15, 0.2) is 180 Å². The lowest BCUT2D eigenvalue weighted by atomic mass is 9.93. The second kappa shape index (κ2) is 12.8. The van der Waals surface area contributed by atoms with Crippen molar-refractivity contribution in [3.8, 4) is 56.4 Å². The van der Waals surface area contributed by atoms with Gasteiger partial charge in [0.1, 0.15) is 11.2 Å². The van der Waals surface area contributed by atoms with E-state index in [9.17, 15) is 0 Å². The summed E-state index contributed by atoms with van der Waals surface area (Å²) in [5.74, 6) is 1.87. The van der Waals surface area contributed by atoms with Crippen LogP contribution in [0.5, 0.6) is 0 Å². The van der Waals surface area contributed by atoms with Crippen LogP contribution < -0.4 is 0 Å². The Morgan fingerprint density at radius 3 is 1.40 bits per heavy atom. The average Bonchev–Trinajstić information content (AvgIpc) is 3.96. The fraction of sp³-hybridized carbons (Fsp3) is 0. The first-order valence-electron chi connectivity index (χ1n) is 18.9. The van der Waals surface area contributed by atoms with Gasteiger partial charge >= 0.3 is 0 Å². The predicted molar refractivity (Wildman–Crippen MR) is 240 cm³/mol. The number of thiophene rings is 2. The maximum absolute atomic E-state index is 6.24. The van der Waals surface area contributed by atoms with E-state index in [-0.39, 0.29) is 0 Å². The van der Waals surface area contributed by atoms with Crippen molar-refractivity contribution >= 4 is 85.0 Å². The molecular weight excluding hydrogens is 735 g/mol. The van der Waals surface area contributed by atoms with Crippen LogP contribution in [0.1, 0.15) is 0 Å². The van der Waals surface area contributed by atoms with Gasteiger partial charge < -0.3 is 4.42 Å². The van der Waals surface area contributed by atoms with E-state index in [0.717, 1.165) is 38.6 Å². The molecule has 12 rings (SSSR count). The quantitative estimate of drug-likeness (QED) is 0.175. The number of nitrogens with zero attached hydrogens (tertiary/aromatic N) is 3. The third kappa shape index (κ3) is 5.37. The minimum absolute atomic E-state index is 0.604. The smallest absolute Gasteiger partial charge is 0.164 e. The summed E-state index contributed by atoms with van der Waals surface area (Å²) in [6.07, 6.45) is 0. The largest absolute Gasteiger partial charge is 0.456 e. The topological polar surface area (TPSA) is 51.8 Å². The highest BCUT2D eigenvalue weighted by molar-refractivity contribution is 7.26. The van der Waals surface area contributed by atoms with E-state index < -0.39 is 0 Å². The first kappa shape index (κ1) is 32.3. The third-order valence-electron chi connectivity index (χ3n) is 11.0. The molecule has 0 amide bonds. The minimum Gasteiger partial charge on any atom is -0.456 e. The van der Waals surface area contributed by atoms with Crippen molar-refractivity contribution in [3.63, 3.8) is 0 Å². The lowest BCUT2D eigenvalue weighted by Gasteiger charge is -2.11. The van der Waals surface area contributed by atoms with Crippen LogP contribution in [0.4, 0.5) is 0 Å². The number of furan rings is 1. The van der Waals surface area contributed by atoms with E-state index in [1.54, 1.807) is 0 Å². The van der Waals surface area contributed by atoms with E-state index in [1.165, 1.54) is 62.6 Å². The zero-order valence-electron chi connectivity index (χ0n) is 30.3. The van der Waals surface area contributed by atoms with Crippen LogP contribution in [0.3, 0.4) is 0 Å². The molecule has 0 aliphatic heterocycles. The summed E-state index contributed by atoms with van der Waals surface area (Å²) in [6.45, 7) is 0. The van der Waals surface area contributed by atoms with Crippen LogP contribution in [0, 0.1) is 0 Å². The molecule has 0 radical (unpaired) electrons. The Morgan fingerprint density at radius 2 is 0.737 bits per heavy atom. The van der Waals surface area contributed by atoms with E-state index in [1.807, 2.05) is 77.3 Å². The lowest BCUT2D eigenvalue weighted by molar-refractivity contribution is 0.669. The molecule has 4 heterocycles. The average molecular weight is 764 g/mol. The number of benzene rings is 8. The van der Waals surface area contributed by atoms with Gasteiger partial charge in [0, 0.05) is 67.8 Å². The summed E-state index contributed by atoms with van der Waals surface area (Å²) in [5.41, 5.74) is 9.33. The van der Waals surface area contributed by atoms with E-state index >= 15 is 0 Å². The number of hydrogen-bond acceptors (Lipinski definition) is 6. The summed E-state index contributed by atoms with van der Waals surface area (Å²) < 4.78 is 11.3. The van der Waals surface area contributed by atoms with Crippen LogP contribution in [-0.4, -0.2) is 15.0 Å². The molecule has 0 aliphatic carbocycles. The molecule has 4 nitrogen and oxygen atoms in total. The lowest BCUT2D eigenvalue weighted by Crippen LogP contribution is -2.00. The molecular formula is C51H29N3OS2. The fourth-order valence-electron chi connectivity index (χ4n) is 8.18. The van der Waals surface area contributed by atoms with E-state index in [0.29, 0.717) is 17.5 Å². The number of para-hydroxylation sites is 1. The summed E-state index contributed by atoms with van der Waals surface area (Å²) >= 11 is 3.67. The molecule has 0 spiro atoms. The summed E-state index contributed by atoms with van der Waals surface area (Å²) in [4.78, 5) is 15.1. The normalized spacial score (nSPS) is 11.9. The number of fused-ring (bicyclic) bond motifs is 9. The molecule has 0 unspecified atom stereocenters. The molecule has 4 aromatic heterocycles. The molecule has 57 heavy (non-hydrogen) atoms. The predicted octanol–water partition coefficient (Wildman–Crippen LogP) is 14.8. The summed E-state index contributed by atoms with van der Waals surface area (Å²) in [6, 6.07) is 62.3. The van der Waals surface area contributed by atoms with Gasteiger partial charge in [-0.1, -0.05) is 133 Å². The fourth-order valence-corrected chi connectivity index (χ4v) is 10.5. The van der Waals surface area contributed by atoms with Gasteiger partial charge in [-0.25, -0.2) is 15.0 Å². The molecule has 0 N–H and O–H groups in total. The van der Waals surface area contributed by atoms with Gasteiger partial charge in [0.2, 0.25) is 0 Å². The van der Waals surface area contributed by atoms with Crippen molar-refractivity contribution in [2.45, 2.75) is 0 Å². The Balaban J connectivity index is 0.948. The maximum Gasteiger partial charge on any atom is 0.164 e. The van der Waals surface area contributed by atoms with Gasteiger partial charge in [0.05, 0.1) is 0 Å². The molecule has 0 aliphatic rings. The first-order chi connectivity index (χ1) is 28.2. The van der Waals surface area contributed by atoms with Crippen molar-refractivity contribution in [1.82, 2.24) is 15.0 Å². The van der Waals surface area contributed by atoms with Crippen LogP contribution in [0.2, 0.25) is 0 Å². The monoisotopic (exact) mass is 763 g/mol. The molecule has 0 bridgehead atoms. The van der Waals surface area contributed by atoms with Gasteiger partial charge in [0.15, 0.2) is 17.5 Å². The molecule has 266 valence electrons. The molecule has 12 aromatic rings. The Hall–Kier alpha value is -6.99. The van der Waals surface area contributed by atoms with Gasteiger partial charge in [-0.05, 0) is 64.7 Å². The Bertz CT molecular complexity index is 3540. The molecule has 0 fully saturated rings. The molecule has 6 heteroatoms. The second-order valence-electron chi connectivity index (χ2n) is 14.4. The van der Waals surface area contributed by atoms with Crippen molar-refractivity contribution < 1.29 is 4.42 Å². The molecule has 0 saturated carbocycles. The number of rotatable bonds is 5. The molecule has 0 saturated heterocycles. The summed E-state index contributed by atoms with van der Waals surface area (Å²) in [5, 5.41) is 7.28. The van der Waals surface area contributed by atoms with Gasteiger partial charge in [-0.2, -0.15) is 0 Å². The van der Waals surface area contributed by atoms with Crippen molar-refractivity contribution in [2.75, 3.05) is 0 Å². The van der Waals surface area contributed by atoms with Crippen LogP contribution >= 0.6 is 22.7 Å². The second-order valence-corrected chi connectivity index (χ2v) is 16.5. The standard InChI is InChI=1S/C51H29N3OS2/c1-2-10-30(11-3-1)49-52-50(33-20-22-38-37-14-6-8-16-43(37)55-44(38)26-33)54-51(53-49)34-21-25-42-41-24-19-32(28-47(41)57-48(42)29-34)36-13-5-4-12-35(36)31-18-23-40-39-15-7-9-17-45(39)56-46(40)27-31/h1-29H. The highest BCUT2D eigenvalue weighted by Gasteiger charge is 2.17. The van der Waals surface area contributed by atoms with Crippen molar-refractivity contribution in [3.05, 3.63) is 176 Å². The zero-order chi connectivity index (χ0) is 37.5.